The van der Waals surface area contributed by atoms with Crippen LogP contribution in [-0.4, -0.2) is 74.9 Å². The van der Waals surface area contributed by atoms with E-state index in [9.17, 15) is 14.4 Å². The Bertz CT molecular complexity index is 353. The molecule has 0 radical (unpaired) electrons. The molecule has 0 aromatic rings. The number of rotatable bonds is 11. The highest BCUT2D eigenvalue weighted by Gasteiger charge is 2.14. The number of aliphatic carboxylic acids is 3. The van der Waals surface area contributed by atoms with Crippen LogP contribution >= 0.6 is 33.3 Å². The summed E-state index contributed by atoms with van der Waals surface area (Å²) in [5, 5.41) is 25.1. The molecule has 3 atom stereocenters. The average molecular weight is 390 g/mol. The molecule has 0 aromatic heterocycles. The number of thioether (sulfide) groups is 1. The minimum atomic E-state index is -1.07. The van der Waals surface area contributed by atoms with Crippen molar-refractivity contribution in [2.45, 2.75) is 24.5 Å². The van der Waals surface area contributed by atoms with Crippen molar-refractivity contribution in [1.29, 1.82) is 0 Å². The maximum Gasteiger partial charge on any atom is 0.321 e. The van der Waals surface area contributed by atoms with E-state index in [2.05, 4.69) is 0 Å². The van der Waals surface area contributed by atoms with Crippen LogP contribution in [0.25, 0.3) is 0 Å². The Kier molecular flexibility index (Phi) is 15.9. The van der Waals surface area contributed by atoms with Crippen molar-refractivity contribution in [3.05, 3.63) is 0 Å². The second-order valence-corrected chi connectivity index (χ2v) is 7.72. The molecule has 0 fully saturated rings. The maximum absolute atomic E-state index is 10.3. The van der Waals surface area contributed by atoms with Crippen molar-refractivity contribution in [3.63, 3.8) is 0 Å². The lowest BCUT2D eigenvalue weighted by atomic mass is 10.2. The van der Waals surface area contributed by atoms with Crippen molar-refractivity contribution < 1.29 is 29.7 Å². The van der Waals surface area contributed by atoms with E-state index < -0.39 is 36.0 Å². The van der Waals surface area contributed by atoms with Gasteiger partial charge in [0.15, 0.2) is 0 Å². The van der Waals surface area contributed by atoms with Gasteiger partial charge in [-0.1, -0.05) is 21.6 Å². The molecule has 12 heteroatoms. The Morgan fingerprint density at radius 3 is 1.43 bits per heavy atom. The number of carboxylic acids is 3. The topological polar surface area (TPSA) is 190 Å². The Hall–Kier alpha value is -0.660. The molecule has 0 aliphatic carbocycles. The molecule has 0 saturated carbocycles. The molecule has 136 valence electrons. The van der Waals surface area contributed by atoms with Gasteiger partial charge in [0.1, 0.15) is 18.1 Å². The van der Waals surface area contributed by atoms with Crippen molar-refractivity contribution in [1.82, 2.24) is 0 Å². The number of carboxylic acid groups (broad SMARTS) is 3. The summed E-state index contributed by atoms with van der Waals surface area (Å²) in [6, 6.07) is -2.53. The summed E-state index contributed by atoms with van der Waals surface area (Å²) < 4.78 is 0. The summed E-state index contributed by atoms with van der Waals surface area (Å²) in [5.41, 5.74) is 15.6. The fourth-order valence-corrected chi connectivity index (χ4v) is 3.47. The zero-order valence-electron chi connectivity index (χ0n) is 12.6. The van der Waals surface area contributed by atoms with Gasteiger partial charge >= 0.3 is 17.9 Å². The van der Waals surface area contributed by atoms with Gasteiger partial charge in [-0.05, 0) is 18.4 Å². The zero-order valence-corrected chi connectivity index (χ0v) is 15.0. The fraction of sp³-hybridized carbons (Fsp3) is 0.727. The molecule has 0 rings (SSSR count). The molecule has 9 nitrogen and oxygen atoms in total. The van der Waals surface area contributed by atoms with Crippen LogP contribution in [0.3, 0.4) is 0 Å². The third-order valence-electron chi connectivity index (χ3n) is 2.16. The third-order valence-corrected chi connectivity index (χ3v) is 5.28. The van der Waals surface area contributed by atoms with Crippen LogP contribution in [0.4, 0.5) is 0 Å². The second kappa shape index (κ2) is 14.9. The van der Waals surface area contributed by atoms with Gasteiger partial charge < -0.3 is 32.5 Å². The van der Waals surface area contributed by atoms with Crippen LogP contribution in [0, 0.1) is 0 Å². The van der Waals surface area contributed by atoms with Crippen molar-refractivity contribution in [2.24, 2.45) is 17.2 Å². The van der Waals surface area contributed by atoms with Gasteiger partial charge in [-0.3, -0.25) is 14.4 Å². The van der Waals surface area contributed by atoms with E-state index in [0.29, 0.717) is 6.42 Å². The summed E-state index contributed by atoms with van der Waals surface area (Å²) in [7, 11) is 2.41. The molecule has 0 bridgehead atoms. The smallest absolute Gasteiger partial charge is 0.321 e. The lowest BCUT2D eigenvalue weighted by molar-refractivity contribution is -0.139. The molecule has 0 aromatic carbocycles. The normalized spacial score (nSPS) is 14.1. The first-order valence-electron chi connectivity index (χ1n) is 6.31. The van der Waals surface area contributed by atoms with Gasteiger partial charge in [0, 0.05) is 11.5 Å². The molecular weight excluding hydrogens is 366 g/mol. The fourth-order valence-electron chi connectivity index (χ4n) is 0.754. The highest BCUT2D eigenvalue weighted by molar-refractivity contribution is 8.76. The van der Waals surface area contributed by atoms with Crippen molar-refractivity contribution in [3.8, 4) is 0 Å². The lowest BCUT2D eigenvalue weighted by Gasteiger charge is -2.07. The van der Waals surface area contributed by atoms with Crippen molar-refractivity contribution >= 4 is 51.3 Å². The molecule has 0 aliphatic heterocycles. The highest BCUT2D eigenvalue weighted by atomic mass is 33.1. The Labute approximate surface area is 146 Å². The number of nitrogens with two attached hydrogens (primary N) is 3. The quantitative estimate of drug-likeness (QED) is 0.193. The summed E-state index contributed by atoms with van der Waals surface area (Å²) in [6.45, 7) is 0. The molecule has 9 N–H and O–H groups in total. The second-order valence-electron chi connectivity index (χ2n) is 4.18. The minimum absolute atomic E-state index is 0.229. The lowest BCUT2D eigenvalue weighted by Crippen LogP contribution is -2.33. The summed E-state index contributed by atoms with van der Waals surface area (Å²) in [4.78, 5) is 30.6. The van der Waals surface area contributed by atoms with E-state index >= 15 is 0 Å². The first-order chi connectivity index (χ1) is 10.6. The predicted octanol–water partition coefficient (Wildman–Crippen LogP) is -0.657. The van der Waals surface area contributed by atoms with Gasteiger partial charge in [-0.2, -0.15) is 11.8 Å². The number of hydrogen-bond acceptors (Lipinski definition) is 9. The molecule has 0 aliphatic rings. The maximum atomic E-state index is 10.3. The molecule has 0 amide bonds. The largest absolute Gasteiger partial charge is 0.480 e. The molecule has 0 saturated heterocycles. The van der Waals surface area contributed by atoms with Crippen LogP contribution in [0.15, 0.2) is 0 Å². The predicted molar refractivity (Wildman–Crippen MR) is 94.7 cm³/mol. The number of hydrogen-bond donors (Lipinski definition) is 6. The van der Waals surface area contributed by atoms with Crippen LogP contribution in [0.5, 0.6) is 0 Å². The van der Waals surface area contributed by atoms with Crippen LogP contribution in [-0.2, 0) is 14.4 Å². The van der Waals surface area contributed by atoms with Gasteiger partial charge in [0.25, 0.3) is 0 Å². The standard InChI is InChI=1S/C6H12N2O4S2.C5H11NO2S/c7-3(5(9)10)1-13-14-2-4(8)6(11)12;1-9-3-2-4(6)5(7)8/h3-4H,1-2,7-8H2,(H,9,10)(H,11,12);4H,2-3,6H2,1H3,(H,7,8). The monoisotopic (exact) mass is 389 g/mol. The first-order valence-corrected chi connectivity index (χ1v) is 10.2. The van der Waals surface area contributed by atoms with Crippen LogP contribution in [0.1, 0.15) is 6.42 Å². The van der Waals surface area contributed by atoms with Crippen LogP contribution < -0.4 is 17.2 Å². The molecule has 3 unspecified atom stereocenters. The van der Waals surface area contributed by atoms with Crippen molar-refractivity contribution in [2.75, 3.05) is 23.5 Å². The van der Waals surface area contributed by atoms with E-state index in [1.807, 2.05) is 6.26 Å². The summed E-state index contributed by atoms with van der Waals surface area (Å²) in [6.07, 6.45) is 2.48. The van der Waals surface area contributed by atoms with E-state index in [-0.39, 0.29) is 11.5 Å². The first kappa shape index (κ1) is 24.6. The SMILES string of the molecule is CSCCC(N)C(=O)O.NC(CSSCC(N)C(=O)O)C(=O)O. The number of carbonyl (C=O) groups is 3. The molecular formula is C11H23N3O6S3. The van der Waals surface area contributed by atoms with E-state index in [1.54, 1.807) is 11.8 Å². The van der Waals surface area contributed by atoms with E-state index in [1.165, 1.54) is 21.6 Å². The summed E-state index contributed by atoms with van der Waals surface area (Å²) >= 11 is 1.60. The molecule has 0 spiro atoms. The summed E-state index contributed by atoms with van der Waals surface area (Å²) in [5.74, 6) is -1.78. The van der Waals surface area contributed by atoms with Crippen LogP contribution in [0.2, 0.25) is 0 Å². The highest BCUT2D eigenvalue weighted by Crippen LogP contribution is 2.22. The molecule has 0 heterocycles. The van der Waals surface area contributed by atoms with Gasteiger partial charge in [0.05, 0.1) is 0 Å². The van der Waals surface area contributed by atoms with Gasteiger partial charge in [-0.15, -0.1) is 0 Å². The Balaban J connectivity index is 0. The Morgan fingerprint density at radius 2 is 1.17 bits per heavy atom. The van der Waals surface area contributed by atoms with Gasteiger partial charge in [0.2, 0.25) is 0 Å². The third kappa shape index (κ3) is 16.0. The van der Waals surface area contributed by atoms with E-state index in [4.69, 9.17) is 32.5 Å². The zero-order chi connectivity index (χ0) is 18.4. The average Bonchev–Trinajstić information content (AvgIpc) is 2.48. The van der Waals surface area contributed by atoms with E-state index in [0.717, 1.165) is 5.75 Å². The Morgan fingerprint density at radius 1 is 0.826 bits per heavy atom. The molecule has 23 heavy (non-hydrogen) atoms. The van der Waals surface area contributed by atoms with Gasteiger partial charge in [-0.25, -0.2) is 0 Å². The minimum Gasteiger partial charge on any atom is -0.480 e.